The molecule has 2 saturated heterocycles. The summed E-state index contributed by atoms with van der Waals surface area (Å²) in [5, 5.41) is 7.12. The van der Waals surface area contributed by atoms with Crippen molar-refractivity contribution in [1.29, 1.82) is 0 Å². The third-order valence-corrected chi connectivity index (χ3v) is 6.52. The maximum Gasteiger partial charge on any atom is 0.490 e. The Morgan fingerprint density at radius 1 is 1.40 bits per heavy atom. The number of hydrogen-bond donors (Lipinski definition) is 1. The van der Waals surface area contributed by atoms with Gasteiger partial charge in [0, 0.05) is 45.9 Å². The van der Waals surface area contributed by atoms with E-state index in [0.29, 0.717) is 32.0 Å². The second-order valence-electron chi connectivity index (χ2n) is 7.14. The Balaban J connectivity index is 0.000000396. The van der Waals surface area contributed by atoms with Crippen LogP contribution in [0.4, 0.5) is 13.2 Å². The van der Waals surface area contributed by atoms with Gasteiger partial charge >= 0.3 is 12.1 Å². The minimum atomic E-state index is -5.08. The average Bonchev–Trinajstić information content (AvgIpc) is 3.03. The quantitative estimate of drug-likeness (QED) is 0.733. The molecule has 0 amide bonds. The van der Waals surface area contributed by atoms with Crippen LogP contribution < -0.4 is 4.74 Å². The molecule has 0 unspecified atom stereocenters. The molecule has 0 aliphatic carbocycles. The summed E-state index contributed by atoms with van der Waals surface area (Å²) in [6.07, 6.45) is -1.15. The molecule has 9 nitrogen and oxygen atoms in total. The molecule has 1 aromatic rings. The molecule has 13 heteroatoms. The van der Waals surface area contributed by atoms with E-state index in [-0.39, 0.29) is 6.10 Å². The molecule has 0 bridgehead atoms. The predicted molar refractivity (Wildman–Crippen MR) is 99.1 cm³/mol. The first kappa shape index (κ1) is 24.3. The van der Waals surface area contributed by atoms with Crippen molar-refractivity contribution in [2.75, 3.05) is 33.8 Å². The molecule has 1 spiro atoms. The summed E-state index contributed by atoms with van der Waals surface area (Å²) in [6.45, 7) is 1.39. The van der Waals surface area contributed by atoms with Crippen LogP contribution in [-0.2, 0) is 19.7 Å². The first-order valence-electron chi connectivity index (χ1n) is 9.05. The van der Waals surface area contributed by atoms with E-state index in [9.17, 15) is 21.6 Å². The van der Waals surface area contributed by atoms with Gasteiger partial charge in [-0.2, -0.15) is 30.2 Å². The van der Waals surface area contributed by atoms with Gasteiger partial charge in [-0.15, -0.1) is 0 Å². The van der Waals surface area contributed by atoms with E-state index >= 15 is 0 Å². The van der Waals surface area contributed by atoms with Crippen molar-refractivity contribution < 1.29 is 41.0 Å². The van der Waals surface area contributed by atoms with Crippen molar-refractivity contribution >= 4 is 16.2 Å². The van der Waals surface area contributed by atoms with Crippen LogP contribution in [0, 0.1) is 0 Å². The Morgan fingerprint density at radius 2 is 2.07 bits per heavy atom. The lowest BCUT2D eigenvalue weighted by Crippen LogP contribution is -2.52. The number of carboxylic acids is 1. The van der Waals surface area contributed by atoms with Crippen LogP contribution in [0.1, 0.15) is 19.3 Å². The summed E-state index contributed by atoms with van der Waals surface area (Å²) < 4.78 is 71.1. The Hall–Kier alpha value is -1.96. The molecule has 2 atom stereocenters. The number of ether oxygens (including phenoxy) is 2. The van der Waals surface area contributed by atoms with E-state index in [4.69, 9.17) is 19.4 Å². The zero-order valence-corrected chi connectivity index (χ0v) is 17.3. The molecule has 0 aromatic carbocycles. The Bertz CT molecular complexity index is 822. The highest BCUT2D eigenvalue weighted by molar-refractivity contribution is 7.86. The van der Waals surface area contributed by atoms with Gasteiger partial charge in [-0.1, -0.05) is 6.07 Å². The number of carbonyl (C=O) groups is 1. The summed E-state index contributed by atoms with van der Waals surface area (Å²) >= 11 is 0. The second kappa shape index (κ2) is 9.45. The Labute approximate surface area is 172 Å². The lowest BCUT2D eigenvalue weighted by molar-refractivity contribution is -0.192. The first-order valence-corrected chi connectivity index (χ1v) is 10.4. The first-order chi connectivity index (χ1) is 13.9. The number of pyridine rings is 1. The highest BCUT2D eigenvalue weighted by Crippen LogP contribution is 2.37. The van der Waals surface area contributed by atoms with Crippen LogP contribution in [-0.4, -0.2) is 84.8 Å². The van der Waals surface area contributed by atoms with E-state index in [0.717, 1.165) is 12.8 Å². The lowest BCUT2D eigenvalue weighted by atomic mass is 9.90. The van der Waals surface area contributed by atoms with Crippen molar-refractivity contribution in [2.45, 2.75) is 37.1 Å². The van der Waals surface area contributed by atoms with Crippen LogP contribution in [0.15, 0.2) is 24.4 Å². The fraction of sp³-hybridized carbons (Fsp3) is 0.647. The van der Waals surface area contributed by atoms with E-state index in [2.05, 4.69) is 4.98 Å². The van der Waals surface area contributed by atoms with Crippen molar-refractivity contribution in [3.05, 3.63) is 24.4 Å². The van der Waals surface area contributed by atoms with Gasteiger partial charge in [0.25, 0.3) is 10.2 Å². The van der Waals surface area contributed by atoms with Gasteiger partial charge in [-0.05, 0) is 18.9 Å². The third-order valence-electron chi connectivity index (χ3n) is 4.63. The minimum Gasteiger partial charge on any atom is -0.475 e. The molecule has 170 valence electrons. The smallest absolute Gasteiger partial charge is 0.475 e. The van der Waals surface area contributed by atoms with Gasteiger partial charge in [0.15, 0.2) is 0 Å². The van der Waals surface area contributed by atoms with Gasteiger partial charge in [0.2, 0.25) is 5.88 Å². The second-order valence-corrected chi connectivity index (χ2v) is 9.28. The SMILES string of the molecule is CN(C)S(=O)(=O)N1CCC[C@]2(C[C@@H](Oc3ccccn3)CO2)C1.O=C(O)C(F)(F)F. The lowest BCUT2D eigenvalue weighted by Gasteiger charge is -2.39. The number of carboxylic acid groups (broad SMARTS) is 1. The zero-order chi connectivity index (χ0) is 22.6. The molecule has 0 radical (unpaired) electrons. The number of alkyl halides is 3. The molecule has 3 rings (SSSR count). The molecule has 3 heterocycles. The molecule has 2 aliphatic rings. The van der Waals surface area contributed by atoms with E-state index in [1.165, 1.54) is 8.61 Å². The van der Waals surface area contributed by atoms with Gasteiger partial charge in [0.05, 0.1) is 12.2 Å². The van der Waals surface area contributed by atoms with Gasteiger partial charge < -0.3 is 14.6 Å². The molecule has 1 N–H and O–H groups in total. The predicted octanol–water partition coefficient (Wildman–Crippen LogP) is 1.52. The molecular weight excluding hydrogens is 431 g/mol. The molecule has 2 aliphatic heterocycles. The average molecular weight is 455 g/mol. The maximum absolute atomic E-state index is 12.4. The van der Waals surface area contributed by atoms with Crippen molar-refractivity contribution in [1.82, 2.24) is 13.6 Å². The third kappa shape index (κ3) is 6.27. The highest BCUT2D eigenvalue weighted by Gasteiger charge is 2.47. The van der Waals surface area contributed by atoms with Crippen LogP contribution in [0.5, 0.6) is 5.88 Å². The molecule has 2 fully saturated rings. The highest BCUT2D eigenvalue weighted by atomic mass is 32.2. The summed E-state index contributed by atoms with van der Waals surface area (Å²) in [6, 6.07) is 5.53. The number of rotatable bonds is 4. The fourth-order valence-electron chi connectivity index (χ4n) is 3.24. The minimum absolute atomic E-state index is 0.0908. The van der Waals surface area contributed by atoms with Crippen molar-refractivity contribution in [3.8, 4) is 5.88 Å². The van der Waals surface area contributed by atoms with Crippen LogP contribution in [0.2, 0.25) is 0 Å². The van der Waals surface area contributed by atoms with Crippen molar-refractivity contribution in [2.24, 2.45) is 0 Å². The van der Waals surface area contributed by atoms with Crippen LogP contribution in [0.25, 0.3) is 0 Å². The number of aromatic nitrogens is 1. The number of piperidine rings is 1. The van der Waals surface area contributed by atoms with Gasteiger partial charge in [-0.3, -0.25) is 0 Å². The van der Waals surface area contributed by atoms with Crippen molar-refractivity contribution in [3.63, 3.8) is 0 Å². The van der Waals surface area contributed by atoms with E-state index in [1.54, 1.807) is 20.3 Å². The number of nitrogens with zero attached hydrogens (tertiary/aromatic N) is 3. The van der Waals surface area contributed by atoms with E-state index < -0.39 is 28.0 Å². The number of halogens is 3. The summed E-state index contributed by atoms with van der Waals surface area (Å²) in [5.74, 6) is -2.18. The zero-order valence-electron chi connectivity index (χ0n) is 16.5. The van der Waals surface area contributed by atoms with Gasteiger partial charge in [0.1, 0.15) is 6.10 Å². The van der Waals surface area contributed by atoms with Crippen LogP contribution in [0.3, 0.4) is 0 Å². The Kier molecular flexibility index (Phi) is 7.66. The molecule has 1 aromatic heterocycles. The fourth-order valence-corrected chi connectivity index (χ4v) is 4.46. The van der Waals surface area contributed by atoms with E-state index in [1.807, 2.05) is 18.2 Å². The number of aliphatic carboxylic acids is 1. The summed E-state index contributed by atoms with van der Waals surface area (Å²) in [4.78, 5) is 13.1. The summed E-state index contributed by atoms with van der Waals surface area (Å²) in [7, 11) is -0.297. The van der Waals surface area contributed by atoms with Crippen LogP contribution >= 0.6 is 0 Å². The topological polar surface area (TPSA) is 109 Å². The molecule has 0 saturated carbocycles. The molecule has 30 heavy (non-hydrogen) atoms. The Morgan fingerprint density at radius 3 is 2.60 bits per heavy atom. The normalized spacial score (nSPS) is 25.1. The number of hydrogen-bond acceptors (Lipinski definition) is 6. The maximum atomic E-state index is 12.4. The van der Waals surface area contributed by atoms with Gasteiger partial charge in [-0.25, -0.2) is 9.78 Å². The standard InChI is InChI=1S/C15H23N3O4S.C2HF3O2/c1-17(2)23(19,20)18-9-5-7-15(12-18)10-13(11-21-15)22-14-6-3-4-8-16-14;3-2(4,5)1(6)7/h3-4,6,8,13H,5,7,9-12H2,1-2H3;(H,6,7)/t13-,15+;/m1./s1. The summed E-state index contributed by atoms with van der Waals surface area (Å²) in [5.41, 5.74) is -0.444. The largest absolute Gasteiger partial charge is 0.490 e. The molecular formula is C17H24F3N3O6S. The monoisotopic (exact) mass is 455 g/mol.